The number of sulfone groups is 1. The summed E-state index contributed by atoms with van der Waals surface area (Å²) < 4.78 is 29.7. The first-order chi connectivity index (χ1) is 11.4. The van der Waals surface area contributed by atoms with Crippen molar-refractivity contribution in [3.8, 4) is 5.75 Å². The van der Waals surface area contributed by atoms with Crippen molar-refractivity contribution in [2.75, 3.05) is 12.9 Å². The number of ether oxygens (including phenoxy) is 1. The molecule has 1 aliphatic rings. The van der Waals surface area contributed by atoms with E-state index in [1.165, 1.54) is 6.07 Å². The summed E-state index contributed by atoms with van der Waals surface area (Å²) in [4.78, 5) is 14.8. The number of rotatable bonds is 2. The lowest BCUT2D eigenvalue weighted by atomic mass is 10.1. The smallest absolute Gasteiger partial charge is 0.255 e. The summed E-state index contributed by atoms with van der Waals surface area (Å²) in [6.07, 6.45) is 1.11. The molecule has 0 aromatic heterocycles. The van der Waals surface area contributed by atoms with Crippen LogP contribution in [0.3, 0.4) is 0 Å². The van der Waals surface area contributed by atoms with Crippen LogP contribution in [0.2, 0.25) is 0 Å². The van der Waals surface area contributed by atoms with E-state index in [0.717, 1.165) is 17.6 Å². The molecule has 0 spiro atoms. The van der Waals surface area contributed by atoms with Crippen molar-refractivity contribution < 1.29 is 17.9 Å². The van der Waals surface area contributed by atoms with Gasteiger partial charge >= 0.3 is 0 Å². The first-order valence-corrected chi connectivity index (χ1v) is 9.58. The average molecular weight is 345 g/mol. The van der Waals surface area contributed by atoms with E-state index >= 15 is 0 Å². The van der Waals surface area contributed by atoms with Crippen molar-refractivity contribution in [1.82, 2.24) is 4.90 Å². The van der Waals surface area contributed by atoms with Crippen LogP contribution in [0.25, 0.3) is 0 Å². The minimum absolute atomic E-state index is 0.0562. The van der Waals surface area contributed by atoms with E-state index in [-0.39, 0.29) is 22.4 Å². The molecule has 6 heteroatoms. The van der Waals surface area contributed by atoms with Gasteiger partial charge in [-0.15, -0.1) is 0 Å². The van der Waals surface area contributed by atoms with Gasteiger partial charge in [-0.05, 0) is 25.1 Å². The molecule has 3 rings (SSSR count). The molecule has 0 aliphatic carbocycles. The Balaban J connectivity index is 2.01. The summed E-state index contributed by atoms with van der Waals surface area (Å²) in [5.74, 6) is 0.458. The zero-order valence-electron chi connectivity index (χ0n) is 13.6. The van der Waals surface area contributed by atoms with Crippen molar-refractivity contribution in [2.45, 2.75) is 24.4 Å². The van der Waals surface area contributed by atoms with Gasteiger partial charge in [-0.1, -0.05) is 30.3 Å². The molecule has 1 heterocycles. The normalized spacial score (nSPS) is 17.6. The predicted molar refractivity (Wildman–Crippen MR) is 90.8 cm³/mol. The van der Waals surface area contributed by atoms with Gasteiger partial charge in [-0.25, -0.2) is 8.42 Å². The van der Waals surface area contributed by atoms with Crippen LogP contribution in [0.1, 0.15) is 22.8 Å². The largest absolute Gasteiger partial charge is 0.491 e. The number of nitrogens with zero attached hydrogens (tertiary/aromatic N) is 1. The van der Waals surface area contributed by atoms with E-state index in [0.29, 0.717) is 13.2 Å². The minimum Gasteiger partial charge on any atom is -0.491 e. The van der Waals surface area contributed by atoms with Gasteiger partial charge < -0.3 is 9.64 Å². The van der Waals surface area contributed by atoms with Crippen LogP contribution in [0.4, 0.5) is 0 Å². The number of hydrogen-bond acceptors (Lipinski definition) is 4. The number of hydrogen-bond donors (Lipinski definition) is 0. The standard InChI is InChI=1S/C18H19NO4S/c1-13-12-23-16-9-5-3-7-14(16)11-19(13)18(20)15-8-4-6-10-17(15)24(2,21)22/h3-10,13H,11-12H2,1-2H3/t13-/m0/s1. The Bertz CT molecular complexity index is 876. The van der Waals surface area contributed by atoms with Crippen molar-refractivity contribution in [1.29, 1.82) is 0 Å². The van der Waals surface area contributed by atoms with Gasteiger partial charge in [0.15, 0.2) is 9.84 Å². The number of amides is 1. The molecule has 0 radical (unpaired) electrons. The third kappa shape index (κ3) is 3.14. The fraction of sp³-hybridized carbons (Fsp3) is 0.278. The highest BCUT2D eigenvalue weighted by molar-refractivity contribution is 7.90. The van der Waals surface area contributed by atoms with Gasteiger partial charge in [0.05, 0.1) is 23.0 Å². The summed E-state index contributed by atoms with van der Waals surface area (Å²) in [6, 6.07) is 13.7. The SMILES string of the molecule is C[C@H]1COc2ccccc2CN1C(=O)c1ccccc1S(C)(=O)=O. The number of para-hydroxylation sites is 1. The molecule has 2 aromatic rings. The molecule has 0 saturated heterocycles. The molecular weight excluding hydrogens is 326 g/mol. The van der Waals surface area contributed by atoms with Crippen LogP contribution in [-0.2, 0) is 16.4 Å². The van der Waals surface area contributed by atoms with Gasteiger partial charge in [-0.3, -0.25) is 4.79 Å². The van der Waals surface area contributed by atoms with Gasteiger partial charge in [0.25, 0.3) is 5.91 Å². The molecular formula is C18H19NO4S. The second-order valence-electron chi connectivity index (χ2n) is 5.97. The van der Waals surface area contributed by atoms with E-state index in [9.17, 15) is 13.2 Å². The molecule has 0 unspecified atom stereocenters. The summed E-state index contributed by atoms with van der Waals surface area (Å²) in [5.41, 5.74) is 1.11. The third-order valence-electron chi connectivity index (χ3n) is 4.10. The summed E-state index contributed by atoms with van der Waals surface area (Å²) in [5, 5.41) is 0. The highest BCUT2D eigenvalue weighted by Gasteiger charge is 2.29. The fourth-order valence-corrected chi connectivity index (χ4v) is 3.69. The van der Waals surface area contributed by atoms with E-state index < -0.39 is 9.84 Å². The van der Waals surface area contributed by atoms with Crippen molar-refractivity contribution in [2.24, 2.45) is 0 Å². The molecule has 0 bridgehead atoms. The van der Waals surface area contributed by atoms with E-state index in [1.54, 1.807) is 23.1 Å². The van der Waals surface area contributed by atoms with Crippen LogP contribution < -0.4 is 4.74 Å². The monoisotopic (exact) mass is 345 g/mol. The molecule has 126 valence electrons. The molecule has 5 nitrogen and oxygen atoms in total. The molecule has 0 fully saturated rings. The Morgan fingerprint density at radius 1 is 1.12 bits per heavy atom. The van der Waals surface area contributed by atoms with Crippen LogP contribution in [0.5, 0.6) is 5.75 Å². The van der Waals surface area contributed by atoms with Crippen LogP contribution in [0.15, 0.2) is 53.4 Å². The second kappa shape index (κ2) is 6.28. The van der Waals surface area contributed by atoms with Crippen LogP contribution in [0, 0.1) is 0 Å². The minimum atomic E-state index is -3.48. The van der Waals surface area contributed by atoms with Gasteiger partial charge in [0.1, 0.15) is 12.4 Å². The maximum atomic E-state index is 13.0. The molecule has 1 amide bonds. The highest BCUT2D eigenvalue weighted by Crippen LogP contribution is 2.27. The molecule has 0 N–H and O–H groups in total. The van der Waals surface area contributed by atoms with E-state index in [4.69, 9.17) is 4.74 Å². The van der Waals surface area contributed by atoms with Crippen molar-refractivity contribution in [3.63, 3.8) is 0 Å². The maximum absolute atomic E-state index is 13.0. The summed E-state index contributed by atoms with van der Waals surface area (Å²) in [7, 11) is -3.48. The molecule has 2 aromatic carbocycles. The number of carbonyl (C=O) groups is 1. The zero-order chi connectivity index (χ0) is 17.3. The fourth-order valence-electron chi connectivity index (χ4n) is 2.81. The third-order valence-corrected chi connectivity index (χ3v) is 5.26. The van der Waals surface area contributed by atoms with Gasteiger partial charge in [-0.2, -0.15) is 0 Å². The number of carbonyl (C=O) groups excluding carboxylic acids is 1. The van der Waals surface area contributed by atoms with E-state index in [2.05, 4.69) is 0 Å². The molecule has 24 heavy (non-hydrogen) atoms. The lowest BCUT2D eigenvalue weighted by Crippen LogP contribution is -2.40. The molecule has 1 aliphatic heterocycles. The van der Waals surface area contributed by atoms with Gasteiger partial charge in [0, 0.05) is 11.8 Å². The van der Waals surface area contributed by atoms with Gasteiger partial charge in [0.2, 0.25) is 0 Å². The Labute approximate surface area is 141 Å². The maximum Gasteiger partial charge on any atom is 0.255 e. The topological polar surface area (TPSA) is 63.7 Å². The van der Waals surface area contributed by atoms with E-state index in [1.807, 2.05) is 31.2 Å². The van der Waals surface area contributed by atoms with Crippen LogP contribution in [-0.4, -0.2) is 38.1 Å². The Hall–Kier alpha value is -2.34. The molecule has 1 atom stereocenters. The zero-order valence-corrected chi connectivity index (χ0v) is 14.4. The quantitative estimate of drug-likeness (QED) is 0.839. The lowest BCUT2D eigenvalue weighted by molar-refractivity contribution is 0.0641. The Morgan fingerprint density at radius 3 is 2.54 bits per heavy atom. The second-order valence-corrected chi connectivity index (χ2v) is 7.95. The van der Waals surface area contributed by atoms with Crippen molar-refractivity contribution >= 4 is 15.7 Å². The summed E-state index contributed by atoms with van der Waals surface area (Å²) in [6.45, 7) is 2.64. The Kier molecular flexibility index (Phi) is 4.32. The Morgan fingerprint density at radius 2 is 1.79 bits per heavy atom. The molecule has 0 saturated carbocycles. The highest BCUT2D eigenvalue weighted by atomic mass is 32.2. The number of benzene rings is 2. The number of fused-ring (bicyclic) bond motifs is 1. The van der Waals surface area contributed by atoms with Crippen LogP contribution >= 0.6 is 0 Å². The van der Waals surface area contributed by atoms with Crippen molar-refractivity contribution in [3.05, 3.63) is 59.7 Å². The predicted octanol–water partition coefficient (Wildman–Crippen LogP) is 2.51. The first-order valence-electron chi connectivity index (χ1n) is 7.68. The first kappa shape index (κ1) is 16.5. The lowest BCUT2D eigenvalue weighted by Gasteiger charge is -2.27. The average Bonchev–Trinajstić information content (AvgIpc) is 2.73. The summed E-state index contributed by atoms with van der Waals surface area (Å²) >= 11 is 0.